The van der Waals surface area contributed by atoms with E-state index in [2.05, 4.69) is 37.1 Å². The zero-order valence-corrected chi connectivity index (χ0v) is 12.2. The molecule has 0 saturated carbocycles. The Labute approximate surface area is 114 Å². The highest BCUT2D eigenvalue weighted by molar-refractivity contribution is 5.96. The van der Waals surface area contributed by atoms with Crippen LogP contribution in [0.5, 0.6) is 0 Å². The molecular weight excluding hydrogens is 236 g/mol. The number of carbonyl (C=O) groups excluding carboxylic acids is 1. The zero-order valence-electron chi connectivity index (χ0n) is 12.2. The number of hydrogen-bond donors (Lipinski definition) is 0. The average molecular weight is 256 g/mol. The monoisotopic (exact) mass is 256 g/mol. The summed E-state index contributed by atoms with van der Waals surface area (Å²) in [5, 5.41) is 4.50. The molecule has 0 amide bonds. The molecule has 100 valence electrons. The zero-order chi connectivity index (χ0) is 14.2. The number of rotatable bonds is 3. The highest BCUT2D eigenvalue weighted by Crippen LogP contribution is 2.19. The molecule has 1 aromatic heterocycles. The largest absolute Gasteiger partial charge is 0.294 e. The van der Waals surface area contributed by atoms with E-state index in [9.17, 15) is 4.79 Å². The van der Waals surface area contributed by atoms with Gasteiger partial charge in [0, 0.05) is 5.69 Å². The van der Waals surface area contributed by atoms with E-state index in [1.165, 1.54) is 16.7 Å². The van der Waals surface area contributed by atoms with Gasteiger partial charge in [0.2, 0.25) is 0 Å². The third-order valence-electron chi connectivity index (χ3n) is 3.69. The fraction of sp³-hybridized carbons (Fsp3) is 0.375. The van der Waals surface area contributed by atoms with E-state index in [-0.39, 0.29) is 5.78 Å². The lowest BCUT2D eigenvalue weighted by Gasteiger charge is -2.11. The smallest absolute Gasteiger partial charge is 0.163 e. The van der Waals surface area contributed by atoms with Crippen LogP contribution in [0, 0.1) is 27.7 Å². The Hall–Kier alpha value is -1.90. The first-order valence-corrected chi connectivity index (χ1v) is 6.52. The Balaban J connectivity index is 2.45. The normalized spacial score (nSPS) is 10.8. The van der Waals surface area contributed by atoms with Crippen LogP contribution >= 0.6 is 0 Å². The van der Waals surface area contributed by atoms with Gasteiger partial charge in [0.1, 0.15) is 0 Å². The van der Waals surface area contributed by atoms with Crippen LogP contribution in [0.4, 0.5) is 0 Å². The summed E-state index contributed by atoms with van der Waals surface area (Å²) < 4.78 is 1.93. The second-order valence-corrected chi connectivity index (χ2v) is 5.13. The van der Waals surface area contributed by atoms with Gasteiger partial charge in [0.15, 0.2) is 5.78 Å². The minimum Gasteiger partial charge on any atom is -0.294 e. The summed E-state index contributed by atoms with van der Waals surface area (Å²) in [4.78, 5) is 11.6. The molecular formula is C16H20N2O. The molecule has 19 heavy (non-hydrogen) atoms. The van der Waals surface area contributed by atoms with E-state index < -0.39 is 0 Å². The topological polar surface area (TPSA) is 34.9 Å². The molecule has 1 aromatic carbocycles. The third kappa shape index (κ3) is 2.46. The van der Waals surface area contributed by atoms with Gasteiger partial charge < -0.3 is 0 Å². The Kier molecular flexibility index (Phi) is 3.56. The molecule has 0 radical (unpaired) electrons. The first kappa shape index (κ1) is 13.5. The molecule has 2 aromatic rings. The molecule has 1 heterocycles. The highest BCUT2D eigenvalue weighted by atomic mass is 16.1. The van der Waals surface area contributed by atoms with Crippen LogP contribution in [-0.2, 0) is 6.54 Å². The molecule has 0 bridgehead atoms. The van der Waals surface area contributed by atoms with Gasteiger partial charge in [-0.1, -0.05) is 18.2 Å². The van der Waals surface area contributed by atoms with Crippen molar-refractivity contribution < 1.29 is 4.79 Å². The van der Waals surface area contributed by atoms with Crippen LogP contribution in [-0.4, -0.2) is 15.6 Å². The second-order valence-electron chi connectivity index (χ2n) is 5.13. The molecule has 3 heteroatoms. The number of hydrogen-bond acceptors (Lipinski definition) is 2. The van der Waals surface area contributed by atoms with Gasteiger partial charge in [-0.05, 0) is 51.3 Å². The van der Waals surface area contributed by atoms with E-state index in [4.69, 9.17) is 0 Å². The summed E-state index contributed by atoms with van der Waals surface area (Å²) in [6, 6.07) is 6.29. The number of nitrogens with zero attached hydrogens (tertiary/aromatic N) is 2. The molecule has 0 fully saturated rings. The molecule has 0 atom stereocenters. The van der Waals surface area contributed by atoms with Gasteiger partial charge in [0.25, 0.3) is 0 Å². The first-order valence-electron chi connectivity index (χ1n) is 6.52. The molecule has 0 aliphatic carbocycles. The van der Waals surface area contributed by atoms with Crippen LogP contribution in [0.25, 0.3) is 0 Å². The van der Waals surface area contributed by atoms with Gasteiger partial charge in [-0.3, -0.25) is 9.48 Å². The molecule has 0 N–H and O–H groups in total. The standard InChI is InChI=1S/C16H20N2O/c1-10-7-6-8-11(2)15(10)9-18-13(4)16(14(5)19)12(3)17-18/h6-8H,9H2,1-5H3. The van der Waals surface area contributed by atoms with Gasteiger partial charge in [-0.15, -0.1) is 0 Å². The Morgan fingerprint density at radius 1 is 1.16 bits per heavy atom. The van der Waals surface area contributed by atoms with Crippen molar-refractivity contribution in [3.05, 3.63) is 51.8 Å². The van der Waals surface area contributed by atoms with Crippen LogP contribution in [0.2, 0.25) is 0 Å². The summed E-state index contributed by atoms with van der Waals surface area (Å²) in [5.74, 6) is 0.0859. The summed E-state index contributed by atoms with van der Waals surface area (Å²) in [6.07, 6.45) is 0. The molecule has 0 saturated heterocycles. The van der Waals surface area contributed by atoms with Crippen molar-refractivity contribution >= 4 is 5.78 Å². The lowest BCUT2D eigenvalue weighted by Crippen LogP contribution is -2.07. The van der Waals surface area contributed by atoms with E-state index in [0.717, 1.165) is 23.5 Å². The first-order chi connectivity index (χ1) is 8.91. The van der Waals surface area contributed by atoms with E-state index >= 15 is 0 Å². The maximum absolute atomic E-state index is 11.6. The number of benzene rings is 1. The molecule has 0 aliphatic heterocycles. The maximum Gasteiger partial charge on any atom is 0.163 e. The van der Waals surface area contributed by atoms with Gasteiger partial charge >= 0.3 is 0 Å². The van der Waals surface area contributed by atoms with Crippen molar-refractivity contribution in [3.8, 4) is 0 Å². The fourth-order valence-electron chi connectivity index (χ4n) is 2.61. The average Bonchev–Trinajstić information content (AvgIpc) is 2.59. The lowest BCUT2D eigenvalue weighted by atomic mass is 10.0. The van der Waals surface area contributed by atoms with Crippen LogP contribution in [0.15, 0.2) is 18.2 Å². The predicted octanol–water partition coefficient (Wildman–Crippen LogP) is 3.37. The van der Waals surface area contributed by atoms with Crippen LogP contribution in [0.1, 0.15) is 45.4 Å². The van der Waals surface area contributed by atoms with Crippen LogP contribution in [0.3, 0.4) is 0 Å². The molecule has 0 spiro atoms. The van der Waals surface area contributed by atoms with Gasteiger partial charge in [0.05, 0.1) is 17.8 Å². The fourth-order valence-corrected chi connectivity index (χ4v) is 2.61. The Morgan fingerprint density at radius 2 is 1.74 bits per heavy atom. The van der Waals surface area contributed by atoms with Crippen molar-refractivity contribution in [2.45, 2.75) is 41.2 Å². The summed E-state index contributed by atoms with van der Waals surface area (Å²) in [6.45, 7) is 10.4. The minimum absolute atomic E-state index is 0.0859. The van der Waals surface area contributed by atoms with Crippen molar-refractivity contribution in [2.75, 3.05) is 0 Å². The van der Waals surface area contributed by atoms with Crippen molar-refractivity contribution in [1.29, 1.82) is 0 Å². The van der Waals surface area contributed by atoms with E-state index in [0.29, 0.717) is 0 Å². The molecule has 0 aliphatic rings. The summed E-state index contributed by atoms with van der Waals surface area (Å²) >= 11 is 0. The number of aromatic nitrogens is 2. The van der Waals surface area contributed by atoms with E-state index in [1.807, 2.05) is 18.5 Å². The maximum atomic E-state index is 11.6. The predicted molar refractivity (Wildman–Crippen MR) is 76.7 cm³/mol. The van der Waals surface area contributed by atoms with Crippen molar-refractivity contribution in [3.63, 3.8) is 0 Å². The van der Waals surface area contributed by atoms with Gasteiger partial charge in [-0.25, -0.2) is 0 Å². The molecule has 3 nitrogen and oxygen atoms in total. The van der Waals surface area contributed by atoms with Crippen LogP contribution < -0.4 is 0 Å². The number of carbonyl (C=O) groups is 1. The summed E-state index contributed by atoms with van der Waals surface area (Å²) in [7, 11) is 0. The lowest BCUT2D eigenvalue weighted by molar-refractivity contribution is 0.101. The SMILES string of the molecule is CC(=O)c1c(C)nn(Cc2c(C)cccc2C)c1C. The van der Waals surface area contributed by atoms with Crippen molar-refractivity contribution in [2.24, 2.45) is 0 Å². The second kappa shape index (κ2) is 5.00. The number of aryl methyl sites for hydroxylation is 3. The molecule has 2 rings (SSSR count). The Bertz CT molecular complexity index is 618. The number of ketones is 1. The number of Topliss-reactive ketones (excluding diaryl/α,β-unsaturated/α-hetero) is 1. The minimum atomic E-state index is 0.0859. The van der Waals surface area contributed by atoms with Crippen molar-refractivity contribution in [1.82, 2.24) is 9.78 Å². The third-order valence-corrected chi connectivity index (χ3v) is 3.69. The quantitative estimate of drug-likeness (QED) is 0.789. The summed E-state index contributed by atoms with van der Waals surface area (Å²) in [5.41, 5.74) is 6.33. The van der Waals surface area contributed by atoms with E-state index in [1.54, 1.807) is 6.92 Å². The van der Waals surface area contributed by atoms with Gasteiger partial charge in [-0.2, -0.15) is 5.10 Å². The molecule has 0 unspecified atom stereocenters. The Morgan fingerprint density at radius 3 is 2.21 bits per heavy atom. The highest BCUT2D eigenvalue weighted by Gasteiger charge is 2.16.